The normalized spacial score (nSPS) is 14.4. The SMILES string of the molecule is CC(CN)C(=O)N1CC(=O)Nc2cnccc21.Cl.Cl. The second kappa shape index (κ2) is 7.28. The third kappa shape index (κ3) is 3.56. The number of pyridine rings is 1. The van der Waals surface area contributed by atoms with Gasteiger partial charge < -0.3 is 16.0 Å². The summed E-state index contributed by atoms with van der Waals surface area (Å²) in [5, 5.41) is 2.68. The number of nitrogens with zero attached hydrogens (tertiary/aromatic N) is 2. The fourth-order valence-corrected chi connectivity index (χ4v) is 1.70. The number of halogens is 2. The van der Waals surface area contributed by atoms with Gasteiger partial charge in [-0.15, -0.1) is 24.8 Å². The van der Waals surface area contributed by atoms with E-state index >= 15 is 0 Å². The molecule has 1 aromatic rings. The van der Waals surface area contributed by atoms with Gasteiger partial charge in [0.25, 0.3) is 0 Å². The monoisotopic (exact) mass is 306 g/mol. The minimum Gasteiger partial charge on any atom is -0.330 e. The highest BCUT2D eigenvalue weighted by Crippen LogP contribution is 2.28. The van der Waals surface area contributed by atoms with E-state index in [9.17, 15) is 9.59 Å². The lowest BCUT2D eigenvalue weighted by Crippen LogP contribution is -2.45. The minimum absolute atomic E-state index is 0. The second-order valence-corrected chi connectivity index (χ2v) is 4.00. The average molecular weight is 307 g/mol. The first-order valence-corrected chi connectivity index (χ1v) is 5.38. The lowest BCUT2D eigenvalue weighted by atomic mass is 10.1. The van der Waals surface area contributed by atoms with Crippen LogP contribution in [0.15, 0.2) is 18.5 Å². The number of amides is 2. The summed E-state index contributed by atoms with van der Waals surface area (Å²) in [6.45, 7) is 2.03. The van der Waals surface area contributed by atoms with Gasteiger partial charge in [0.1, 0.15) is 6.54 Å². The van der Waals surface area contributed by atoms with Gasteiger partial charge in [0.2, 0.25) is 11.8 Å². The molecule has 0 aromatic carbocycles. The van der Waals surface area contributed by atoms with E-state index in [2.05, 4.69) is 10.3 Å². The molecule has 3 N–H and O–H groups in total. The molecule has 19 heavy (non-hydrogen) atoms. The molecule has 1 aromatic heterocycles. The molecule has 0 radical (unpaired) electrons. The van der Waals surface area contributed by atoms with Gasteiger partial charge in [0.15, 0.2) is 0 Å². The largest absolute Gasteiger partial charge is 0.330 e. The van der Waals surface area contributed by atoms with Gasteiger partial charge in [-0.1, -0.05) is 6.92 Å². The topological polar surface area (TPSA) is 88.3 Å². The van der Waals surface area contributed by atoms with Gasteiger partial charge in [-0.3, -0.25) is 14.6 Å². The molecule has 1 atom stereocenters. The lowest BCUT2D eigenvalue weighted by Gasteiger charge is -2.30. The van der Waals surface area contributed by atoms with Crippen LogP contribution >= 0.6 is 24.8 Å². The third-order valence-electron chi connectivity index (χ3n) is 2.71. The molecule has 1 aliphatic rings. The van der Waals surface area contributed by atoms with Gasteiger partial charge in [-0.25, -0.2) is 0 Å². The Morgan fingerprint density at radius 2 is 2.26 bits per heavy atom. The Hall–Kier alpha value is -1.37. The maximum absolute atomic E-state index is 12.1. The zero-order valence-corrected chi connectivity index (χ0v) is 12.0. The van der Waals surface area contributed by atoms with E-state index in [0.717, 1.165) is 0 Å². The van der Waals surface area contributed by atoms with Crippen LogP contribution in [-0.2, 0) is 9.59 Å². The molecule has 2 amide bonds. The fraction of sp³-hybridized carbons (Fsp3) is 0.364. The smallest absolute Gasteiger partial charge is 0.244 e. The maximum atomic E-state index is 12.1. The molecule has 1 aliphatic heterocycles. The van der Waals surface area contributed by atoms with Crippen LogP contribution in [0.25, 0.3) is 0 Å². The molecule has 106 valence electrons. The molecule has 1 unspecified atom stereocenters. The summed E-state index contributed by atoms with van der Waals surface area (Å²) in [4.78, 5) is 28.9. The van der Waals surface area contributed by atoms with Crippen molar-refractivity contribution >= 4 is 48.0 Å². The molecule has 6 nitrogen and oxygen atoms in total. The molecular weight excluding hydrogens is 291 g/mol. The van der Waals surface area contributed by atoms with Crippen molar-refractivity contribution in [3.8, 4) is 0 Å². The number of carbonyl (C=O) groups excluding carboxylic acids is 2. The summed E-state index contributed by atoms with van der Waals surface area (Å²) in [7, 11) is 0. The van der Waals surface area contributed by atoms with Crippen LogP contribution in [0.3, 0.4) is 0 Å². The molecule has 2 rings (SSSR count). The van der Waals surface area contributed by atoms with E-state index < -0.39 is 0 Å². The predicted octanol–water partition coefficient (Wildman–Crippen LogP) is 0.805. The van der Waals surface area contributed by atoms with E-state index in [4.69, 9.17) is 5.73 Å². The molecule has 2 heterocycles. The van der Waals surface area contributed by atoms with Crippen LogP contribution < -0.4 is 16.0 Å². The number of aromatic nitrogens is 1. The Kier molecular flexibility index (Phi) is 6.75. The highest BCUT2D eigenvalue weighted by Gasteiger charge is 2.29. The Bertz CT molecular complexity index is 470. The molecule has 0 bridgehead atoms. The highest BCUT2D eigenvalue weighted by atomic mass is 35.5. The number of anilines is 2. The standard InChI is InChI=1S/C11H14N4O2.2ClH/c1-7(4-12)11(17)15-6-10(16)14-8-5-13-3-2-9(8)15;;/h2-3,5,7H,4,6,12H2,1H3,(H,14,16);2*1H. The number of rotatable bonds is 2. The van der Waals surface area contributed by atoms with Crippen molar-refractivity contribution in [1.29, 1.82) is 0 Å². The summed E-state index contributed by atoms with van der Waals surface area (Å²) in [6, 6.07) is 1.70. The lowest BCUT2D eigenvalue weighted by molar-refractivity contribution is -0.124. The summed E-state index contributed by atoms with van der Waals surface area (Å²) in [6.07, 6.45) is 3.11. The van der Waals surface area contributed by atoms with Crippen LogP contribution in [0.2, 0.25) is 0 Å². The third-order valence-corrected chi connectivity index (χ3v) is 2.71. The molecule has 0 fully saturated rings. The van der Waals surface area contributed by atoms with Crippen LogP contribution in [0.1, 0.15) is 6.92 Å². The van der Waals surface area contributed by atoms with E-state index in [1.807, 2.05) is 0 Å². The quantitative estimate of drug-likeness (QED) is 0.846. The Morgan fingerprint density at radius 3 is 2.89 bits per heavy atom. The number of fused-ring (bicyclic) bond motifs is 1. The van der Waals surface area contributed by atoms with Crippen LogP contribution in [0.4, 0.5) is 11.4 Å². The maximum Gasteiger partial charge on any atom is 0.244 e. The van der Waals surface area contributed by atoms with Crippen molar-refractivity contribution in [2.24, 2.45) is 11.7 Å². The number of carbonyl (C=O) groups is 2. The average Bonchev–Trinajstić information content (AvgIpc) is 2.35. The summed E-state index contributed by atoms with van der Waals surface area (Å²) in [5.74, 6) is -0.667. The molecular formula is C11H16Cl2N4O2. The molecule has 0 aliphatic carbocycles. The van der Waals surface area contributed by atoms with E-state index in [-0.39, 0.29) is 55.6 Å². The van der Waals surface area contributed by atoms with Gasteiger partial charge >= 0.3 is 0 Å². The van der Waals surface area contributed by atoms with Gasteiger partial charge in [-0.2, -0.15) is 0 Å². The highest BCUT2D eigenvalue weighted by molar-refractivity contribution is 6.10. The number of hydrogen-bond donors (Lipinski definition) is 2. The van der Waals surface area contributed by atoms with Gasteiger partial charge in [-0.05, 0) is 6.07 Å². The number of nitrogens with two attached hydrogens (primary N) is 1. The summed E-state index contributed by atoms with van der Waals surface area (Å²) >= 11 is 0. The predicted molar refractivity (Wildman–Crippen MR) is 77.9 cm³/mol. The first-order chi connectivity index (χ1) is 8.13. The van der Waals surface area contributed by atoms with Crippen molar-refractivity contribution < 1.29 is 9.59 Å². The zero-order chi connectivity index (χ0) is 12.4. The minimum atomic E-state index is -0.304. The van der Waals surface area contributed by atoms with Gasteiger partial charge in [0.05, 0.1) is 17.6 Å². The van der Waals surface area contributed by atoms with Crippen molar-refractivity contribution in [3.63, 3.8) is 0 Å². The zero-order valence-electron chi connectivity index (χ0n) is 10.3. The number of nitrogens with one attached hydrogen (secondary N) is 1. The van der Waals surface area contributed by atoms with Crippen molar-refractivity contribution in [1.82, 2.24) is 4.98 Å². The van der Waals surface area contributed by atoms with E-state index in [1.165, 1.54) is 11.1 Å². The molecule has 0 spiro atoms. The fourth-order valence-electron chi connectivity index (χ4n) is 1.70. The van der Waals surface area contributed by atoms with Crippen molar-refractivity contribution in [2.45, 2.75) is 6.92 Å². The molecule has 0 saturated carbocycles. The second-order valence-electron chi connectivity index (χ2n) is 4.00. The Balaban J connectivity index is 0.00000162. The molecule has 8 heteroatoms. The first kappa shape index (κ1) is 17.6. The first-order valence-electron chi connectivity index (χ1n) is 5.38. The van der Waals surface area contributed by atoms with Crippen molar-refractivity contribution in [2.75, 3.05) is 23.3 Å². The van der Waals surface area contributed by atoms with E-state index in [0.29, 0.717) is 11.4 Å². The van der Waals surface area contributed by atoms with Crippen LogP contribution in [0.5, 0.6) is 0 Å². The summed E-state index contributed by atoms with van der Waals surface area (Å²) in [5.41, 5.74) is 6.70. The van der Waals surface area contributed by atoms with Crippen LogP contribution in [-0.4, -0.2) is 29.9 Å². The Labute approximate surface area is 123 Å². The van der Waals surface area contributed by atoms with Crippen LogP contribution in [0, 0.1) is 5.92 Å². The number of hydrogen-bond acceptors (Lipinski definition) is 4. The molecule has 0 saturated heterocycles. The summed E-state index contributed by atoms with van der Waals surface area (Å²) < 4.78 is 0. The van der Waals surface area contributed by atoms with E-state index in [1.54, 1.807) is 19.2 Å². The van der Waals surface area contributed by atoms with Gasteiger partial charge in [0, 0.05) is 18.7 Å². The van der Waals surface area contributed by atoms with Crippen molar-refractivity contribution in [3.05, 3.63) is 18.5 Å². The Morgan fingerprint density at radius 1 is 1.58 bits per heavy atom.